The van der Waals surface area contributed by atoms with Gasteiger partial charge in [-0.15, -0.1) is 0 Å². The van der Waals surface area contributed by atoms with Crippen molar-refractivity contribution in [2.24, 2.45) is 5.92 Å². The van der Waals surface area contributed by atoms with E-state index in [0.29, 0.717) is 0 Å². The Bertz CT molecular complexity index is 273. The van der Waals surface area contributed by atoms with Gasteiger partial charge >= 0.3 is 0 Å². The van der Waals surface area contributed by atoms with Gasteiger partial charge in [-0.05, 0) is 42.9 Å². The van der Waals surface area contributed by atoms with Crippen LogP contribution in [0.25, 0.3) is 0 Å². The molecule has 0 amide bonds. The summed E-state index contributed by atoms with van der Waals surface area (Å²) in [6.45, 7) is 8.93. The predicted molar refractivity (Wildman–Crippen MR) is 59.1 cm³/mol. The van der Waals surface area contributed by atoms with Gasteiger partial charge in [-0.1, -0.05) is 38.5 Å². The first-order chi connectivity index (χ1) is 6.13. The molecule has 0 spiro atoms. The van der Waals surface area contributed by atoms with Gasteiger partial charge in [0.15, 0.2) is 0 Å². The van der Waals surface area contributed by atoms with Crippen molar-refractivity contribution in [3.63, 3.8) is 0 Å². The van der Waals surface area contributed by atoms with Crippen LogP contribution in [0.15, 0.2) is 18.2 Å². The molecule has 1 aromatic carbocycles. The van der Waals surface area contributed by atoms with Crippen LogP contribution in [0, 0.1) is 19.8 Å². The molecule has 1 rings (SSSR count). The van der Waals surface area contributed by atoms with Crippen molar-refractivity contribution in [2.75, 3.05) is 0 Å². The fourth-order valence-electron chi connectivity index (χ4n) is 1.48. The predicted octanol–water partition coefficient (Wildman–Crippen LogP) is 3.89. The van der Waals surface area contributed by atoms with Crippen LogP contribution in [0.2, 0.25) is 0 Å². The summed E-state index contributed by atoms with van der Waals surface area (Å²) in [6, 6.07) is 6.81. The number of benzene rings is 1. The molecule has 0 heterocycles. The highest BCUT2D eigenvalue weighted by molar-refractivity contribution is 5.30. The lowest BCUT2D eigenvalue weighted by Crippen LogP contribution is -1.98. The third kappa shape index (κ3) is 2.87. The summed E-state index contributed by atoms with van der Waals surface area (Å²) in [4.78, 5) is 0. The fourth-order valence-corrected chi connectivity index (χ4v) is 1.48. The van der Waals surface area contributed by atoms with E-state index in [0.717, 1.165) is 5.92 Å². The minimum Gasteiger partial charge on any atom is -0.0651 e. The molecule has 0 saturated heterocycles. The van der Waals surface area contributed by atoms with E-state index in [1.165, 1.54) is 29.5 Å². The molecule has 0 aromatic heterocycles. The molecule has 0 unspecified atom stereocenters. The van der Waals surface area contributed by atoms with Crippen molar-refractivity contribution in [2.45, 2.75) is 40.5 Å². The Labute approximate surface area is 82.0 Å². The lowest BCUT2D eigenvalue weighted by Gasteiger charge is -2.09. The van der Waals surface area contributed by atoms with Crippen LogP contribution in [0.5, 0.6) is 0 Å². The third-order valence-electron chi connectivity index (χ3n) is 2.85. The Morgan fingerprint density at radius 2 is 1.85 bits per heavy atom. The van der Waals surface area contributed by atoms with Crippen molar-refractivity contribution in [3.8, 4) is 0 Å². The molecule has 1 atom stereocenters. The van der Waals surface area contributed by atoms with Gasteiger partial charge in [0, 0.05) is 0 Å². The van der Waals surface area contributed by atoms with E-state index < -0.39 is 0 Å². The molecule has 72 valence electrons. The molecule has 1 aromatic rings. The summed E-state index contributed by atoms with van der Waals surface area (Å²) in [5.74, 6) is 0.808. The van der Waals surface area contributed by atoms with E-state index in [9.17, 15) is 0 Å². The third-order valence-corrected chi connectivity index (χ3v) is 2.85. The largest absolute Gasteiger partial charge is 0.0651 e. The van der Waals surface area contributed by atoms with E-state index in [1.807, 2.05) is 0 Å². The average molecular weight is 176 g/mol. The smallest absolute Gasteiger partial charge is 0.0253 e. The zero-order valence-corrected chi connectivity index (χ0v) is 9.22. The standard InChI is InChI=1S/C13H20/c1-5-10(2)8-13-7-6-11(3)12(4)9-13/h6-7,9-10H,5,8H2,1-4H3/t10-/m1/s1. The van der Waals surface area contributed by atoms with Crippen LogP contribution in [0.1, 0.15) is 37.0 Å². The monoisotopic (exact) mass is 176 g/mol. The SMILES string of the molecule is CC[C@@H](C)Cc1ccc(C)c(C)c1. The lowest BCUT2D eigenvalue weighted by atomic mass is 9.96. The summed E-state index contributed by atoms with van der Waals surface area (Å²) < 4.78 is 0. The van der Waals surface area contributed by atoms with Crippen LogP contribution < -0.4 is 0 Å². The van der Waals surface area contributed by atoms with Crippen molar-refractivity contribution < 1.29 is 0 Å². The van der Waals surface area contributed by atoms with Crippen molar-refractivity contribution in [1.82, 2.24) is 0 Å². The summed E-state index contributed by atoms with van der Waals surface area (Å²) in [7, 11) is 0. The lowest BCUT2D eigenvalue weighted by molar-refractivity contribution is 0.560. The van der Waals surface area contributed by atoms with Crippen molar-refractivity contribution in [3.05, 3.63) is 34.9 Å². The topological polar surface area (TPSA) is 0 Å². The van der Waals surface area contributed by atoms with Gasteiger partial charge in [-0.2, -0.15) is 0 Å². The number of aryl methyl sites for hydroxylation is 2. The Kier molecular flexibility index (Phi) is 3.53. The van der Waals surface area contributed by atoms with Crippen LogP contribution in [0.4, 0.5) is 0 Å². The second-order valence-corrected chi connectivity index (χ2v) is 4.14. The highest BCUT2D eigenvalue weighted by Crippen LogP contribution is 2.15. The molecular weight excluding hydrogens is 156 g/mol. The Hall–Kier alpha value is -0.780. The molecule has 0 heteroatoms. The van der Waals surface area contributed by atoms with Crippen molar-refractivity contribution >= 4 is 0 Å². The van der Waals surface area contributed by atoms with Gasteiger partial charge in [0.2, 0.25) is 0 Å². The summed E-state index contributed by atoms with van der Waals surface area (Å²) in [5, 5.41) is 0. The minimum absolute atomic E-state index is 0.808. The maximum Gasteiger partial charge on any atom is -0.0253 e. The Morgan fingerprint density at radius 3 is 2.38 bits per heavy atom. The van der Waals surface area contributed by atoms with Crippen LogP contribution >= 0.6 is 0 Å². The summed E-state index contributed by atoms with van der Waals surface area (Å²) in [5.41, 5.74) is 4.30. The van der Waals surface area contributed by atoms with Gasteiger partial charge in [-0.3, -0.25) is 0 Å². The molecule has 0 aliphatic carbocycles. The first-order valence-electron chi connectivity index (χ1n) is 5.19. The number of hydrogen-bond donors (Lipinski definition) is 0. The molecule has 0 nitrogen and oxygen atoms in total. The molecule has 0 aliphatic rings. The fraction of sp³-hybridized carbons (Fsp3) is 0.538. The zero-order chi connectivity index (χ0) is 9.84. The van der Waals surface area contributed by atoms with E-state index >= 15 is 0 Å². The number of hydrogen-bond acceptors (Lipinski definition) is 0. The molecule has 0 radical (unpaired) electrons. The van der Waals surface area contributed by atoms with E-state index in [1.54, 1.807) is 0 Å². The van der Waals surface area contributed by atoms with Gasteiger partial charge in [-0.25, -0.2) is 0 Å². The number of rotatable bonds is 3. The normalized spacial score (nSPS) is 12.9. The highest BCUT2D eigenvalue weighted by Gasteiger charge is 2.01. The zero-order valence-electron chi connectivity index (χ0n) is 9.22. The molecule has 0 bridgehead atoms. The van der Waals surface area contributed by atoms with E-state index in [-0.39, 0.29) is 0 Å². The molecule has 0 aliphatic heterocycles. The van der Waals surface area contributed by atoms with Crippen molar-refractivity contribution in [1.29, 1.82) is 0 Å². The quantitative estimate of drug-likeness (QED) is 0.655. The second-order valence-electron chi connectivity index (χ2n) is 4.14. The van der Waals surface area contributed by atoms with Crippen LogP contribution in [-0.2, 0) is 6.42 Å². The summed E-state index contributed by atoms with van der Waals surface area (Å²) >= 11 is 0. The van der Waals surface area contributed by atoms with Gasteiger partial charge < -0.3 is 0 Å². The maximum atomic E-state index is 2.32. The molecular formula is C13H20. The average Bonchev–Trinajstić information content (AvgIpc) is 2.11. The summed E-state index contributed by atoms with van der Waals surface area (Å²) in [6.07, 6.45) is 2.49. The van der Waals surface area contributed by atoms with Gasteiger partial charge in [0.1, 0.15) is 0 Å². The minimum atomic E-state index is 0.808. The van der Waals surface area contributed by atoms with Crippen LogP contribution in [-0.4, -0.2) is 0 Å². The Morgan fingerprint density at radius 1 is 1.15 bits per heavy atom. The first kappa shape index (κ1) is 10.3. The highest BCUT2D eigenvalue weighted by atomic mass is 14.1. The maximum absolute atomic E-state index is 2.32. The van der Waals surface area contributed by atoms with E-state index in [4.69, 9.17) is 0 Å². The molecule has 13 heavy (non-hydrogen) atoms. The van der Waals surface area contributed by atoms with Gasteiger partial charge in [0.25, 0.3) is 0 Å². The second kappa shape index (κ2) is 4.45. The Balaban J connectivity index is 2.73. The van der Waals surface area contributed by atoms with E-state index in [2.05, 4.69) is 45.9 Å². The molecule has 0 saturated carbocycles. The molecule has 0 N–H and O–H groups in total. The van der Waals surface area contributed by atoms with Crippen LogP contribution in [0.3, 0.4) is 0 Å². The first-order valence-corrected chi connectivity index (χ1v) is 5.19. The molecule has 0 fully saturated rings. The van der Waals surface area contributed by atoms with Gasteiger partial charge in [0.05, 0.1) is 0 Å².